The van der Waals surface area contributed by atoms with Gasteiger partial charge in [0.25, 0.3) is 17.7 Å². The number of hydrogen-bond acceptors (Lipinski definition) is 4. The van der Waals surface area contributed by atoms with E-state index in [9.17, 15) is 14.4 Å². The maximum absolute atomic E-state index is 12.2. The molecule has 1 aliphatic heterocycles. The van der Waals surface area contributed by atoms with Crippen LogP contribution in [0.4, 0.5) is 5.69 Å². The molecule has 0 atom stereocenters. The molecule has 0 fully saturated rings. The Morgan fingerprint density at radius 2 is 1.92 bits per heavy atom. The molecule has 0 bridgehead atoms. The molecule has 0 unspecified atom stereocenters. The van der Waals surface area contributed by atoms with E-state index in [4.69, 9.17) is 27.9 Å². The summed E-state index contributed by atoms with van der Waals surface area (Å²) in [5, 5.41) is 3.32. The lowest BCUT2D eigenvalue weighted by Crippen LogP contribution is -2.25. The summed E-state index contributed by atoms with van der Waals surface area (Å²) < 4.78 is 5.35. The van der Waals surface area contributed by atoms with E-state index in [0.717, 1.165) is 4.90 Å². The van der Waals surface area contributed by atoms with Crippen LogP contribution < -0.4 is 10.1 Å². The molecule has 0 saturated carbocycles. The quantitative estimate of drug-likeness (QED) is 0.828. The Hall–Kier alpha value is -2.57. The van der Waals surface area contributed by atoms with Gasteiger partial charge in [0.2, 0.25) is 0 Å². The van der Waals surface area contributed by atoms with Crippen molar-refractivity contribution in [3.05, 3.63) is 57.6 Å². The first kappa shape index (κ1) is 17.3. The number of carbonyl (C=O) groups is 3. The molecule has 25 heavy (non-hydrogen) atoms. The lowest BCUT2D eigenvalue weighted by Gasteiger charge is -2.11. The normalized spacial score (nSPS) is 13.0. The molecule has 0 saturated heterocycles. The highest BCUT2D eigenvalue weighted by Crippen LogP contribution is 2.29. The van der Waals surface area contributed by atoms with Gasteiger partial charge in [-0.3, -0.25) is 19.3 Å². The van der Waals surface area contributed by atoms with Gasteiger partial charge < -0.3 is 10.1 Å². The number of amides is 3. The van der Waals surface area contributed by atoms with E-state index < -0.39 is 17.7 Å². The van der Waals surface area contributed by atoms with Crippen molar-refractivity contribution in [1.29, 1.82) is 0 Å². The van der Waals surface area contributed by atoms with Crippen LogP contribution in [0.2, 0.25) is 10.0 Å². The van der Waals surface area contributed by atoms with Crippen LogP contribution in [0.1, 0.15) is 20.7 Å². The van der Waals surface area contributed by atoms with Crippen LogP contribution in [0.3, 0.4) is 0 Å². The third kappa shape index (κ3) is 3.31. The van der Waals surface area contributed by atoms with Gasteiger partial charge in [-0.2, -0.15) is 0 Å². The first-order valence-corrected chi connectivity index (χ1v) is 7.97. The van der Waals surface area contributed by atoms with E-state index in [2.05, 4.69) is 5.32 Å². The third-order valence-corrected chi connectivity index (χ3v) is 4.18. The number of nitrogens with one attached hydrogen (secondary N) is 1. The maximum atomic E-state index is 12.2. The van der Waals surface area contributed by atoms with Crippen molar-refractivity contribution < 1.29 is 19.1 Å². The van der Waals surface area contributed by atoms with Gasteiger partial charge >= 0.3 is 0 Å². The summed E-state index contributed by atoms with van der Waals surface area (Å²) in [5.74, 6) is -1.04. The fourth-order valence-electron chi connectivity index (χ4n) is 2.43. The average molecular weight is 379 g/mol. The maximum Gasteiger partial charge on any atom is 0.263 e. The van der Waals surface area contributed by atoms with Crippen LogP contribution in [-0.2, 0) is 4.79 Å². The number of imide groups is 1. The number of benzene rings is 2. The lowest BCUT2D eigenvalue weighted by molar-refractivity contribution is -0.118. The van der Waals surface area contributed by atoms with E-state index in [1.807, 2.05) is 0 Å². The van der Waals surface area contributed by atoms with Gasteiger partial charge in [0, 0.05) is 12.1 Å². The molecule has 8 heteroatoms. The van der Waals surface area contributed by atoms with E-state index in [1.165, 1.54) is 13.1 Å². The number of ether oxygens (including phenoxy) is 1. The summed E-state index contributed by atoms with van der Waals surface area (Å²) >= 11 is 11.8. The molecular formula is C17H12Cl2N2O4. The number of hydrogen-bond donors (Lipinski definition) is 1. The molecule has 0 aromatic heterocycles. The predicted octanol–water partition coefficient (Wildman–Crippen LogP) is 3.24. The van der Waals surface area contributed by atoms with E-state index in [0.29, 0.717) is 10.8 Å². The van der Waals surface area contributed by atoms with Crippen LogP contribution in [0, 0.1) is 0 Å². The fourth-order valence-corrected chi connectivity index (χ4v) is 2.89. The van der Waals surface area contributed by atoms with E-state index in [-0.39, 0.29) is 28.4 Å². The Bertz CT molecular complexity index is 898. The summed E-state index contributed by atoms with van der Waals surface area (Å²) in [4.78, 5) is 37.2. The molecule has 1 aliphatic rings. The lowest BCUT2D eigenvalue weighted by atomic mass is 10.1. The second-order valence-electron chi connectivity index (χ2n) is 5.31. The van der Waals surface area contributed by atoms with Gasteiger partial charge in [0.1, 0.15) is 5.75 Å². The Kier molecular flexibility index (Phi) is 4.65. The second-order valence-corrected chi connectivity index (χ2v) is 6.15. The van der Waals surface area contributed by atoms with Gasteiger partial charge in [0.05, 0.1) is 21.8 Å². The molecule has 6 nitrogen and oxygen atoms in total. The minimum absolute atomic E-state index is 0.174. The van der Waals surface area contributed by atoms with Gasteiger partial charge in [-0.1, -0.05) is 29.3 Å². The summed E-state index contributed by atoms with van der Waals surface area (Å²) in [6.07, 6.45) is 0. The zero-order valence-corrected chi connectivity index (χ0v) is 14.5. The molecule has 128 valence electrons. The average Bonchev–Trinajstić information content (AvgIpc) is 2.79. The van der Waals surface area contributed by atoms with Crippen LogP contribution in [0.25, 0.3) is 0 Å². The van der Waals surface area contributed by atoms with Crippen molar-refractivity contribution >= 4 is 46.6 Å². The molecule has 2 aromatic carbocycles. The largest absolute Gasteiger partial charge is 0.482 e. The highest BCUT2D eigenvalue weighted by atomic mass is 35.5. The van der Waals surface area contributed by atoms with Crippen molar-refractivity contribution in [1.82, 2.24) is 4.90 Å². The number of anilines is 1. The summed E-state index contributed by atoms with van der Waals surface area (Å²) in [7, 11) is 1.39. The Balaban J connectivity index is 1.73. The molecule has 0 spiro atoms. The van der Waals surface area contributed by atoms with Gasteiger partial charge in [0.15, 0.2) is 6.61 Å². The Morgan fingerprint density at radius 1 is 1.16 bits per heavy atom. The number of rotatable bonds is 4. The fraction of sp³-hybridized carbons (Fsp3) is 0.118. The van der Waals surface area contributed by atoms with E-state index in [1.54, 1.807) is 30.3 Å². The summed E-state index contributed by atoms with van der Waals surface area (Å²) in [6.45, 7) is -0.316. The molecule has 0 aliphatic carbocycles. The predicted molar refractivity (Wildman–Crippen MR) is 93.5 cm³/mol. The Labute approximate surface area is 153 Å². The first-order chi connectivity index (χ1) is 11.9. The molecule has 3 rings (SSSR count). The molecule has 0 radical (unpaired) electrons. The summed E-state index contributed by atoms with van der Waals surface area (Å²) in [6, 6.07) is 9.32. The van der Waals surface area contributed by atoms with E-state index >= 15 is 0 Å². The van der Waals surface area contributed by atoms with Crippen molar-refractivity contribution in [2.75, 3.05) is 19.0 Å². The monoisotopic (exact) mass is 378 g/mol. The third-order valence-electron chi connectivity index (χ3n) is 3.64. The number of carbonyl (C=O) groups excluding carboxylic acids is 3. The minimum Gasteiger partial charge on any atom is -0.482 e. The molecular weight excluding hydrogens is 367 g/mol. The van der Waals surface area contributed by atoms with Gasteiger partial charge in [-0.05, 0) is 30.3 Å². The van der Waals surface area contributed by atoms with Gasteiger partial charge in [-0.25, -0.2) is 0 Å². The highest BCUT2D eigenvalue weighted by molar-refractivity contribution is 6.35. The molecule has 3 amide bonds. The zero-order valence-electron chi connectivity index (χ0n) is 13.0. The number of fused-ring (bicyclic) bond motifs is 1. The van der Waals surface area contributed by atoms with Crippen molar-refractivity contribution in [2.45, 2.75) is 0 Å². The van der Waals surface area contributed by atoms with Crippen LogP contribution in [0.15, 0.2) is 36.4 Å². The standard InChI is InChI=1S/C17H12Cl2N2O4/c1-21-16(23)10-3-2-4-12(15(10)17(21)24)20-14(22)8-25-13-6-5-9(18)7-11(13)19/h2-7H,8H2,1H3,(H,20,22). The highest BCUT2D eigenvalue weighted by Gasteiger charge is 2.35. The SMILES string of the molecule is CN1C(=O)c2cccc(NC(=O)COc3ccc(Cl)cc3Cl)c2C1=O. The van der Waals surface area contributed by atoms with Gasteiger partial charge in [-0.15, -0.1) is 0 Å². The number of nitrogens with zero attached hydrogens (tertiary/aromatic N) is 1. The van der Waals surface area contributed by atoms with Crippen molar-refractivity contribution in [2.24, 2.45) is 0 Å². The zero-order chi connectivity index (χ0) is 18.1. The van der Waals surface area contributed by atoms with Crippen molar-refractivity contribution in [3.63, 3.8) is 0 Å². The minimum atomic E-state index is -0.491. The first-order valence-electron chi connectivity index (χ1n) is 7.21. The summed E-state index contributed by atoms with van der Waals surface area (Å²) in [5.41, 5.74) is 0.691. The topological polar surface area (TPSA) is 75.7 Å². The van der Waals surface area contributed by atoms with Crippen LogP contribution in [-0.4, -0.2) is 36.3 Å². The van der Waals surface area contributed by atoms with Crippen LogP contribution >= 0.6 is 23.2 Å². The number of halogens is 2. The van der Waals surface area contributed by atoms with Crippen LogP contribution in [0.5, 0.6) is 5.75 Å². The smallest absolute Gasteiger partial charge is 0.263 e. The van der Waals surface area contributed by atoms with Crippen molar-refractivity contribution in [3.8, 4) is 5.75 Å². The second kappa shape index (κ2) is 6.74. The molecule has 2 aromatic rings. The Morgan fingerprint density at radius 3 is 2.64 bits per heavy atom. The molecule has 1 heterocycles. The molecule has 1 N–H and O–H groups in total.